The molecule has 1 aromatic rings. The molecule has 0 saturated carbocycles. The Morgan fingerprint density at radius 1 is 1.47 bits per heavy atom. The zero-order chi connectivity index (χ0) is 13.8. The average molecular weight is 327 g/mol. The van der Waals surface area contributed by atoms with E-state index < -0.39 is 0 Å². The third-order valence-electron chi connectivity index (χ3n) is 3.99. The molecule has 0 aromatic carbocycles. The summed E-state index contributed by atoms with van der Waals surface area (Å²) in [6, 6.07) is 0. The summed E-state index contributed by atoms with van der Waals surface area (Å²) in [4.78, 5) is 6.75. The van der Waals surface area contributed by atoms with Gasteiger partial charge < -0.3 is 16.0 Å². The smallest absolute Gasteiger partial charge is 0.140 e. The van der Waals surface area contributed by atoms with Crippen LogP contribution < -0.4 is 11.1 Å². The van der Waals surface area contributed by atoms with E-state index in [-0.39, 0.29) is 0 Å². The first-order chi connectivity index (χ1) is 9.08. The van der Waals surface area contributed by atoms with Crippen molar-refractivity contribution in [2.75, 3.05) is 37.7 Å². The topological polar surface area (TPSA) is 54.2 Å². The highest BCUT2D eigenvalue weighted by Crippen LogP contribution is 2.28. The quantitative estimate of drug-likeness (QED) is 0.893. The summed E-state index contributed by atoms with van der Waals surface area (Å²) < 4.78 is 0.982. The van der Waals surface area contributed by atoms with E-state index in [1.807, 2.05) is 6.92 Å². The molecule has 0 aliphatic carbocycles. The average Bonchev–Trinajstić information content (AvgIpc) is 2.41. The molecular formula is C14H23BrN4. The lowest BCUT2D eigenvalue weighted by atomic mass is 9.94. The van der Waals surface area contributed by atoms with Crippen LogP contribution in [0.25, 0.3) is 0 Å². The standard InChI is InChI=1S/C14H23BrN4/c1-10-12(16)9-18-14(13(10)15)17-6-3-11-4-7-19(2)8-5-11/h9,11H,3-8,16H2,1-2H3,(H,17,18). The van der Waals surface area contributed by atoms with Gasteiger partial charge in [0, 0.05) is 6.54 Å². The second kappa shape index (κ2) is 6.57. The lowest BCUT2D eigenvalue weighted by Gasteiger charge is -2.29. The number of anilines is 2. The van der Waals surface area contributed by atoms with E-state index in [1.54, 1.807) is 6.20 Å². The van der Waals surface area contributed by atoms with E-state index in [2.05, 4.69) is 38.2 Å². The Balaban J connectivity index is 1.81. The second-order valence-corrected chi connectivity index (χ2v) is 6.26. The van der Waals surface area contributed by atoms with Gasteiger partial charge in [-0.3, -0.25) is 0 Å². The van der Waals surface area contributed by atoms with Gasteiger partial charge in [-0.25, -0.2) is 4.98 Å². The number of nitrogens with two attached hydrogens (primary N) is 1. The number of pyridine rings is 1. The van der Waals surface area contributed by atoms with Crippen molar-refractivity contribution in [2.45, 2.75) is 26.2 Å². The summed E-state index contributed by atoms with van der Waals surface area (Å²) in [6.45, 7) is 5.44. The summed E-state index contributed by atoms with van der Waals surface area (Å²) in [5, 5.41) is 3.41. The van der Waals surface area contributed by atoms with Crippen LogP contribution in [-0.4, -0.2) is 36.6 Å². The number of nitrogens with one attached hydrogen (secondary N) is 1. The Labute approximate surface area is 123 Å². The molecule has 4 nitrogen and oxygen atoms in total. The van der Waals surface area contributed by atoms with Gasteiger partial charge in [-0.15, -0.1) is 0 Å². The first-order valence-corrected chi connectivity index (χ1v) is 7.70. The summed E-state index contributed by atoms with van der Waals surface area (Å²) in [5.41, 5.74) is 7.61. The number of nitrogen functional groups attached to an aromatic ring is 1. The zero-order valence-corrected chi connectivity index (χ0v) is 13.3. The molecular weight excluding hydrogens is 304 g/mol. The van der Waals surface area contributed by atoms with E-state index in [1.165, 1.54) is 32.4 Å². The monoisotopic (exact) mass is 326 g/mol. The number of piperidine rings is 1. The van der Waals surface area contributed by atoms with E-state index >= 15 is 0 Å². The molecule has 1 aliphatic heterocycles. The van der Waals surface area contributed by atoms with Gasteiger partial charge in [0.15, 0.2) is 0 Å². The molecule has 0 atom stereocenters. The minimum absolute atomic E-state index is 0.729. The highest BCUT2D eigenvalue weighted by atomic mass is 79.9. The van der Waals surface area contributed by atoms with Gasteiger partial charge in [0.05, 0.1) is 16.4 Å². The van der Waals surface area contributed by atoms with Crippen LogP contribution in [-0.2, 0) is 0 Å². The highest BCUT2D eigenvalue weighted by Gasteiger charge is 2.16. The molecule has 106 valence electrons. The third kappa shape index (κ3) is 3.83. The van der Waals surface area contributed by atoms with Crippen LogP contribution in [0.2, 0.25) is 0 Å². The summed E-state index contributed by atoms with van der Waals surface area (Å²) in [5.74, 6) is 1.75. The molecule has 0 spiro atoms. The second-order valence-electron chi connectivity index (χ2n) is 5.46. The molecule has 1 aromatic heterocycles. The van der Waals surface area contributed by atoms with Crippen molar-refractivity contribution in [3.8, 4) is 0 Å². The molecule has 19 heavy (non-hydrogen) atoms. The molecule has 3 N–H and O–H groups in total. The molecule has 1 saturated heterocycles. The van der Waals surface area contributed by atoms with Gasteiger partial charge in [0.1, 0.15) is 5.82 Å². The number of hydrogen-bond donors (Lipinski definition) is 2. The van der Waals surface area contributed by atoms with Crippen molar-refractivity contribution < 1.29 is 0 Å². The van der Waals surface area contributed by atoms with Gasteiger partial charge in [0.2, 0.25) is 0 Å². The summed E-state index contributed by atoms with van der Waals surface area (Å²) in [7, 11) is 2.20. The molecule has 2 rings (SSSR count). The fourth-order valence-corrected chi connectivity index (χ4v) is 2.93. The molecule has 1 aliphatic rings. The minimum atomic E-state index is 0.729. The molecule has 5 heteroatoms. The summed E-state index contributed by atoms with van der Waals surface area (Å²) in [6.07, 6.45) is 5.56. The van der Waals surface area contributed by atoms with Gasteiger partial charge in [0.25, 0.3) is 0 Å². The van der Waals surface area contributed by atoms with Gasteiger partial charge in [-0.2, -0.15) is 0 Å². The molecule has 1 fully saturated rings. The SMILES string of the molecule is Cc1c(N)cnc(NCCC2CCN(C)CC2)c1Br. The number of hydrogen-bond acceptors (Lipinski definition) is 4. The molecule has 0 bridgehead atoms. The fourth-order valence-electron chi connectivity index (χ4n) is 2.46. The predicted molar refractivity (Wildman–Crippen MR) is 84.4 cm³/mol. The third-order valence-corrected chi connectivity index (χ3v) is 4.96. The van der Waals surface area contributed by atoms with Crippen LogP contribution in [0.5, 0.6) is 0 Å². The molecule has 0 radical (unpaired) electrons. The predicted octanol–water partition coefficient (Wildman–Crippen LogP) is 2.88. The van der Waals surface area contributed by atoms with Crippen LogP contribution >= 0.6 is 15.9 Å². The largest absolute Gasteiger partial charge is 0.397 e. The normalized spacial score (nSPS) is 17.6. The van der Waals surface area contributed by atoms with Crippen molar-refractivity contribution in [3.63, 3.8) is 0 Å². The van der Waals surface area contributed by atoms with Crippen LogP contribution in [0.3, 0.4) is 0 Å². The van der Waals surface area contributed by atoms with Crippen LogP contribution in [0.15, 0.2) is 10.7 Å². The number of rotatable bonds is 4. The Bertz CT molecular complexity index is 428. The lowest BCUT2D eigenvalue weighted by Crippen LogP contribution is -2.30. The Hall–Kier alpha value is -0.810. The minimum Gasteiger partial charge on any atom is -0.397 e. The van der Waals surface area contributed by atoms with Crippen molar-refractivity contribution in [2.24, 2.45) is 5.92 Å². The van der Waals surface area contributed by atoms with E-state index in [0.717, 1.165) is 34.0 Å². The van der Waals surface area contributed by atoms with Crippen LogP contribution in [0, 0.1) is 12.8 Å². The summed E-state index contributed by atoms with van der Waals surface area (Å²) >= 11 is 3.55. The maximum atomic E-state index is 5.82. The number of aromatic nitrogens is 1. The highest BCUT2D eigenvalue weighted by molar-refractivity contribution is 9.10. The van der Waals surface area contributed by atoms with Crippen molar-refractivity contribution in [1.29, 1.82) is 0 Å². The van der Waals surface area contributed by atoms with Gasteiger partial charge in [-0.05, 0) is 73.7 Å². The Morgan fingerprint density at radius 3 is 2.84 bits per heavy atom. The van der Waals surface area contributed by atoms with E-state index in [9.17, 15) is 0 Å². The Kier molecular flexibility index (Phi) is 5.05. The van der Waals surface area contributed by atoms with Crippen LogP contribution in [0.4, 0.5) is 11.5 Å². The number of nitrogens with zero attached hydrogens (tertiary/aromatic N) is 2. The zero-order valence-electron chi connectivity index (χ0n) is 11.7. The van der Waals surface area contributed by atoms with Crippen molar-refractivity contribution >= 4 is 27.4 Å². The van der Waals surface area contributed by atoms with E-state index in [4.69, 9.17) is 5.73 Å². The lowest BCUT2D eigenvalue weighted by molar-refractivity contribution is 0.215. The Morgan fingerprint density at radius 2 is 2.16 bits per heavy atom. The van der Waals surface area contributed by atoms with Gasteiger partial charge in [-0.1, -0.05) is 0 Å². The van der Waals surface area contributed by atoms with Crippen LogP contribution in [0.1, 0.15) is 24.8 Å². The molecule has 2 heterocycles. The molecule has 0 amide bonds. The first-order valence-electron chi connectivity index (χ1n) is 6.91. The maximum Gasteiger partial charge on any atom is 0.140 e. The number of likely N-dealkylation sites (tertiary alicyclic amines) is 1. The number of halogens is 1. The van der Waals surface area contributed by atoms with Crippen molar-refractivity contribution in [1.82, 2.24) is 9.88 Å². The van der Waals surface area contributed by atoms with Crippen molar-refractivity contribution in [3.05, 3.63) is 16.2 Å². The maximum absolute atomic E-state index is 5.82. The first kappa shape index (κ1) is 14.6. The van der Waals surface area contributed by atoms with E-state index in [0.29, 0.717) is 0 Å². The fraction of sp³-hybridized carbons (Fsp3) is 0.643. The van der Waals surface area contributed by atoms with Gasteiger partial charge >= 0.3 is 0 Å². The molecule has 0 unspecified atom stereocenters.